The number of nitrogens with zero attached hydrogens (tertiary/aromatic N) is 2. The van der Waals surface area contributed by atoms with Gasteiger partial charge in [-0.15, -0.1) is 11.3 Å². The molecule has 2 heterocycles. The molecule has 0 spiro atoms. The van der Waals surface area contributed by atoms with Crippen LogP contribution in [-0.4, -0.2) is 31.2 Å². The zero-order valence-corrected chi connectivity index (χ0v) is 13.5. The molecular weight excluding hydrogens is 308 g/mol. The van der Waals surface area contributed by atoms with Crippen molar-refractivity contribution in [1.29, 1.82) is 0 Å². The molecular formula is C13H18N4O2S2. The first-order valence-corrected chi connectivity index (χ1v) is 9.05. The van der Waals surface area contributed by atoms with Crippen LogP contribution >= 0.6 is 11.3 Å². The summed E-state index contributed by atoms with van der Waals surface area (Å²) in [4.78, 5) is 8.18. The molecule has 114 valence electrons. The van der Waals surface area contributed by atoms with Gasteiger partial charge in [0, 0.05) is 23.8 Å². The quantitative estimate of drug-likeness (QED) is 0.810. The number of nitrogens with one attached hydrogen (secondary N) is 2. The summed E-state index contributed by atoms with van der Waals surface area (Å²) in [5.41, 5.74) is 1.77. The molecule has 8 heteroatoms. The van der Waals surface area contributed by atoms with Gasteiger partial charge in [-0.25, -0.2) is 13.4 Å². The lowest BCUT2D eigenvalue weighted by Crippen LogP contribution is -2.18. The molecule has 2 aromatic rings. The Morgan fingerprint density at radius 2 is 2.05 bits per heavy atom. The molecule has 0 fully saturated rings. The van der Waals surface area contributed by atoms with E-state index < -0.39 is 10.0 Å². The first-order valence-electron chi connectivity index (χ1n) is 6.52. The van der Waals surface area contributed by atoms with Gasteiger partial charge in [0.2, 0.25) is 10.0 Å². The van der Waals surface area contributed by atoms with E-state index in [1.807, 2.05) is 31.5 Å². The van der Waals surface area contributed by atoms with Gasteiger partial charge in [-0.05, 0) is 38.1 Å². The molecule has 2 aromatic heterocycles. The standard InChI is InChI=1S/C13H18N4O2S2/c1-10(14-2)12-9-20-13(16-12)17-21(18,19)8-5-11-3-6-15-7-4-11/h3-4,6-7,9-10,14H,5,8H2,1-2H3,(H,16,17). The molecule has 0 radical (unpaired) electrons. The van der Waals surface area contributed by atoms with Crippen LogP contribution in [0.25, 0.3) is 0 Å². The van der Waals surface area contributed by atoms with Gasteiger partial charge in [0.25, 0.3) is 0 Å². The Balaban J connectivity index is 1.96. The summed E-state index contributed by atoms with van der Waals surface area (Å²) < 4.78 is 26.6. The van der Waals surface area contributed by atoms with Crippen molar-refractivity contribution in [1.82, 2.24) is 15.3 Å². The predicted molar refractivity (Wildman–Crippen MR) is 84.9 cm³/mol. The van der Waals surface area contributed by atoms with Gasteiger partial charge < -0.3 is 5.32 Å². The average molecular weight is 326 g/mol. The Labute approximate surface area is 128 Å². The fourth-order valence-electron chi connectivity index (χ4n) is 1.67. The fraction of sp³-hybridized carbons (Fsp3) is 0.385. The molecule has 6 nitrogen and oxygen atoms in total. The summed E-state index contributed by atoms with van der Waals surface area (Å²) in [7, 11) is -1.56. The van der Waals surface area contributed by atoms with E-state index in [1.54, 1.807) is 12.4 Å². The van der Waals surface area contributed by atoms with Gasteiger partial charge in [-0.1, -0.05) is 0 Å². The summed E-state index contributed by atoms with van der Waals surface area (Å²) in [6, 6.07) is 3.72. The van der Waals surface area contributed by atoms with E-state index in [4.69, 9.17) is 0 Å². The molecule has 0 aliphatic rings. The first kappa shape index (κ1) is 15.9. The Morgan fingerprint density at radius 3 is 2.71 bits per heavy atom. The highest BCUT2D eigenvalue weighted by atomic mass is 32.2. The number of rotatable bonds is 7. The number of hydrogen-bond acceptors (Lipinski definition) is 6. The van der Waals surface area contributed by atoms with Crippen LogP contribution < -0.4 is 10.0 Å². The largest absolute Gasteiger partial charge is 0.312 e. The van der Waals surface area contributed by atoms with Crippen LogP contribution in [0.15, 0.2) is 29.9 Å². The Bertz CT molecular complexity index is 670. The monoisotopic (exact) mass is 326 g/mol. The van der Waals surface area contributed by atoms with E-state index in [2.05, 4.69) is 20.0 Å². The van der Waals surface area contributed by atoms with Gasteiger partial charge in [0.1, 0.15) is 0 Å². The Hall–Kier alpha value is -1.51. The molecule has 2 N–H and O–H groups in total. The SMILES string of the molecule is CNC(C)c1csc(NS(=O)(=O)CCc2ccncc2)n1. The fourth-order valence-corrected chi connectivity index (χ4v) is 3.80. The topological polar surface area (TPSA) is 84.0 Å². The number of hydrogen-bond donors (Lipinski definition) is 2. The molecule has 21 heavy (non-hydrogen) atoms. The van der Waals surface area contributed by atoms with Crippen LogP contribution in [0.5, 0.6) is 0 Å². The van der Waals surface area contributed by atoms with Crippen molar-refractivity contribution >= 4 is 26.5 Å². The van der Waals surface area contributed by atoms with Crippen molar-refractivity contribution in [2.75, 3.05) is 17.5 Å². The van der Waals surface area contributed by atoms with Gasteiger partial charge >= 0.3 is 0 Å². The number of aryl methyl sites for hydroxylation is 1. The average Bonchev–Trinajstić information content (AvgIpc) is 2.93. The molecule has 0 saturated heterocycles. The molecule has 0 aromatic carbocycles. The molecule has 2 rings (SSSR count). The predicted octanol–water partition coefficient (Wildman–Crippen LogP) is 1.80. The number of thiazole rings is 1. The lowest BCUT2D eigenvalue weighted by atomic mass is 10.2. The second-order valence-electron chi connectivity index (χ2n) is 4.61. The van der Waals surface area contributed by atoms with E-state index in [0.717, 1.165) is 11.3 Å². The summed E-state index contributed by atoms with van der Waals surface area (Å²) in [5, 5.41) is 5.32. The number of pyridine rings is 1. The van der Waals surface area contributed by atoms with E-state index in [1.165, 1.54) is 11.3 Å². The second-order valence-corrected chi connectivity index (χ2v) is 7.31. The molecule has 0 saturated carbocycles. The Morgan fingerprint density at radius 1 is 1.33 bits per heavy atom. The maximum Gasteiger partial charge on any atom is 0.234 e. The minimum atomic E-state index is -3.39. The van der Waals surface area contributed by atoms with Gasteiger partial charge in [-0.3, -0.25) is 9.71 Å². The van der Waals surface area contributed by atoms with Gasteiger partial charge in [-0.2, -0.15) is 0 Å². The first-order chi connectivity index (χ1) is 10.00. The summed E-state index contributed by atoms with van der Waals surface area (Å²) >= 11 is 1.29. The van der Waals surface area contributed by atoms with Crippen molar-refractivity contribution in [3.8, 4) is 0 Å². The molecule has 0 aliphatic carbocycles. The highest BCUT2D eigenvalue weighted by Gasteiger charge is 2.14. The third-order valence-electron chi connectivity index (χ3n) is 3.05. The maximum atomic E-state index is 12.0. The van der Waals surface area contributed by atoms with E-state index in [0.29, 0.717) is 11.6 Å². The molecule has 1 unspecified atom stereocenters. The number of anilines is 1. The third kappa shape index (κ3) is 4.76. The minimum Gasteiger partial charge on any atom is -0.312 e. The third-order valence-corrected chi connectivity index (χ3v) is 5.20. The lowest BCUT2D eigenvalue weighted by molar-refractivity contribution is 0.600. The zero-order chi connectivity index (χ0) is 15.3. The molecule has 0 aliphatic heterocycles. The van der Waals surface area contributed by atoms with Gasteiger partial charge in [0.15, 0.2) is 5.13 Å². The minimum absolute atomic E-state index is 0.0213. The van der Waals surface area contributed by atoms with Crippen LogP contribution in [0.4, 0.5) is 5.13 Å². The summed E-state index contributed by atoms with van der Waals surface area (Å²) in [5.74, 6) is 0.0213. The zero-order valence-electron chi connectivity index (χ0n) is 11.9. The number of sulfonamides is 1. The van der Waals surface area contributed by atoms with Gasteiger partial charge in [0.05, 0.1) is 11.4 Å². The highest BCUT2D eigenvalue weighted by Crippen LogP contribution is 2.21. The van der Waals surface area contributed by atoms with E-state index in [-0.39, 0.29) is 11.8 Å². The molecule has 0 amide bonds. The maximum absolute atomic E-state index is 12.0. The van der Waals surface area contributed by atoms with Crippen molar-refractivity contribution in [2.45, 2.75) is 19.4 Å². The van der Waals surface area contributed by atoms with Crippen LogP contribution in [0, 0.1) is 0 Å². The van der Waals surface area contributed by atoms with Crippen LogP contribution in [0.2, 0.25) is 0 Å². The van der Waals surface area contributed by atoms with Crippen LogP contribution in [0.3, 0.4) is 0 Å². The summed E-state index contributed by atoms with van der Waals surface area (Å²) in [6.45, 7) is 1.97. The normalized spacial score (nSPS) is 13.0. The summed E-state index contributed by atoms with van der Waals surface area (Å²) in [6.07, 6.45) is 3.76. The van der Waals surface area contributed by atoms with Crippen molar-refractivity contribution in [3.63, 3.8) is 0 Å². The van der Waals surface area contributed by atoms with Crippen LogP contribution in [-0.2, 0) is 16.4 Å². The number of aromatic nitrogens is 2. The Kier molecular flexibility index (Phi) is 5.27. The molecule has 1 atom stereocenters. The van der Waals surface area contributed by atoms with Crippen molar-refractivity contribution in [2.24, 2.45) is 0 Å². The van der Waals surface area contributed by atoms with E-state index >= 15 is 0 Å². The second kappa shape index (κ2) is 6.97. The highest BCUT2D eigenvalue weighted by molar-refractivity contribution is 7.92. The smallest absolute Gasteiger partial charge is 0.234 e. The van der Waals surface area contributed by atoms with Crippen molar-refractivity contribution < 1.29 is 8.42 Å². The van der Waals surface area contributed by atoms with Crippen LogP contribution in [0.1, 0.15) is 24.2 Å². The molecule has 0 bridgehead atoms. The lowest BCUT2D eigenvalue weighted by Gasteiger charge is -2.06. The van der Waals surface area contributed by atoms with E-state index in [9.17, 15) is 8.42 Å². The van der Waals surface area contributed by atoms with Crippen molar-refractivity contribution in [3.05, 3.63) is 41.2 Å².